The summed E-state index contributed by atoms with van der Waals surface area (Å²) >= 11 is 0. The number of nitrogens with one attached hydrogen (secondary N) is 2. The van der Waals surface area contributed by atoms with Crippen LogP contribution in [0.2, 0.25) is 0 Å². The molecule has 1 heterocycles. The van der Waals surface area contributed by atoms with Crippen LogP contribution in [-0.4, -0.2) is 34.8 Å². The number of urea groups is 1. The monoisotopic (exact) mass is 359 g/mol. The van der Waals surface area contributed by atoms with Crippen molar-refractivity contribution in [3.8, 4) is 0 Å². The summed E-state index contributed by atoms with van der Waals surface area (Å²) in [6.07, 6.45) is 0. The Labute approximate surface area is 155 Å². The lowest BCUT2D eigenvalue weighted by molar-refractivity contribution is -0.135. The molecule has 0 radical (unpaired) electrons. The molecule has 6 heteroatoms. The van der Waals surface area contributed by atoms with Gasteiger partial charge in [-0.3, -0.25) is 14.5 Å². The highest BCUT2D eigenvalue weighted by molar-refractivity contribution is 6.09. The van der Waals surface area contributed by atoms with Crippen LogP contribution < -0.4 is 10.6 Å². The Morgan fingerprint density at radius 2 is 1.62 bits per heavy atom. The number of hydrogen-bond donors (Lipinski definition) is 2. The maximum Gasteiger partial charge on any atom is 0.325 e. The van der Waals surface area contributed by atoms with Crippen molar-refractivity contribution in [1.82, 2.24) is 15.5 Å². The number of hydrogen-bond acceptors (Lipinski definition) is 3. The number of amides is 4. The molecule has 1 aromatic rings. The van der Waals surface area contributed by atoms with Crippen molar-refractivity contribution < 1.29 is 14.4 Å². The van der Waals surface area contributed by atoms with Gasteiger partial charge < -0.3 is 10.6 Å². The van der Waals surface area contributed by atoms with Gasteiger partial charge in [0.1, 0.15) is 12.1 Å². The fraction of sp³-hybridized carbons (Fsp3) is 0.550. The Morgan fingerprint density at radius 3 is 2.08 bits per heavy atom. The molecule has 0 aromatic heterocycles. The first-order valence-electron chi connectivity index (χ1n) is 8.80. The summed E-state index contributed by atoms with van der Waals surface area (Å²) in [5.41, 5.74) is 0.239. The van der Waals surface area contributed by atoms with E-state index in [2.05, 4.69) is 31.4 Å². The van der Waals surface area contributed by atoms with Gasteiger partial charge >= 0.3 is 6.03 Å². The lowest BCUT2D eigenvalue weighted by atomic mass is 9.84. The lowest BCUT2D eigenvalue weighted by Gasteiger charge is -2.25. The molecular weight excluding hydrogens is 330 g/mol. The first-order valence-corrected chi connectivity index (χ1v) is 8.80. The van der Waals surface area contributed by atoms with Gasteiger partial charge in [-0.15, -0.1) is 0 Å². The Morgan fingerprint density at radius 1 is 1.08 bits per heavy atom. The zero-order chi connectivity index (χ0) is 19.9. The molecule has 0 unspecified atom stereocenters. The van der Waals surface area contributed by atoms with Gasteiger partial charge in [0, 0.05) is 5.54 Å². The number of nitrogens with zero attached hydrogens (tertiary/aromatic N) is 1. The smallest absolute Gasteiger partial charge is 0.325 e. The molecule has 1 aromatic carbocycles. The molecule has 0 bridgehead atoms. The summed E-state index contributed by atoms with van der Waals surface area (Å²) in [5.74, 6) is -0.789. The third-order valence-corrected chi connectivity index (χ3v) is 4.42. The molecule has 1 saturated heterocycles. The molecule has 0 aliphatic carbocycles. The highest BCUT2D eigenvalue weighted by atomic mass is 16.2. The summed E-state index contributed by atoms with van der Waals surface area (Å²) in [6.45, 7) is 13.2. The van der Waals surface area contributed by atoms with Crippen LogP contribution in [0.3, 0.4) is 0 Å². The summed E-state index contributed by atoms with van der Waals surface area (Å²) in [7, 11) is 0. The van der Waals surface area contributed by atoms with E-state index in [0.717, 1.165) is 10.5 Å². The van der Waals surface area contributed by atoms with Crippen LogP contribution in [-0.2, 0) is 20.5 Å². The number of imide groups is 1. The number of rotatable bonds is 3. The predicted molar refractivity (Wildman–Crippen MR) is 101 cm³/mol. The van der Waals surface area contributed by atoms with Crippen molar-refractivity contribution in [2.45, 2.75) is 65.0 Å². The minimum atomic E-state index is -1.17. The number of carbonyl (C=O) groups excluding carboxylic acids is 3. The van der Waals surface area contributed by atoms with Gasteiger partial charge in [0.15, 0.2) is 0 Å². The van der Waals surface area contributed by atoms with E-state index in [0.29, 0.717) is 5.56 Å². The minimum absolute atomic E-state index is 0.000548. The second-order valence-electron chi connectivity index (χ2n) is 9.07. The van der Waals surface area contributed by atoms with Gasteiger partial charge in [0.2, 0.25) is 5.91 Å². The van der Waals surface area contributed by atoms with Crippen LogP contribution in [0.1, 0.15) is 59.6 Å². The van der Waals surface area contributed by atoms with Crippen molar-refractivity contribution in [1.29, 1.82) is 0 Å². The predicted octanol–water partition coefficient (Wildman–Crippen LogP) is 2.67. The first kappa shape index (κ1) is 19.9. The van der Waals surface area contributed by atoms with E-state index in [1.165, 1.54) is 0 Å². The molecule has 1 aliphatic rings. The van der Waals surface area contributed by atoms with Crippen LogP contribution in [0, 0.1) is 0 Å². The van der Waals surface area contributed by atoms with E-state index in [-0.39, 0.29) is 17.9 Å². The zero-order valence-corrected chi connectivity index (χ0v) is 16.7. The molecule has 2 rings (SSSR count). The summed E-state index contributed by atoms with van der Waals surface area (Å²) in [6, 6.07) is 7.10. The minimum Gasteiger partial charge on any atom is -0.350 e. The van der Waals surface area contributed by atoms with Crippen molar-refractivity contribution in [3.05, 3.63) is 35.4 Å². The van der Waals surface area contributed by atoms with Gasteiger partial charge in [-0.25, -0.2) is 4.79 Å². The second-order valence-corrected chi connectivity index (χ2v) is 9.07. The maximum atomic E-state index is 12.9. The second kappa shape index (κ2) is 6.41. The van der Waals surface area contributed by atoms with Gasteiger partial charge in [0.25, 0.3) is 5.91 Å². The molecule has 0 saturated carbocycles. The Balaban J connectivity index is 2.22. The van der Waals surface area contributed by atoms with Gasteiger partial charge in [0.05, 0.1) is 0 Å². The van der Waals surface area contributed by atoms with Crippen molar-refractivity contribution in [3.63, 3.8) is 0 Å². The topological polar surface area (TPSA) is 78.5 Å². The highest BCUT2D eigenvalue weighted by Gasteiger charge is 2.49. The summed E-state index contributed by atoms with van der Waals surface area (Å²) in [5, 5.41) is 5.50. The zero-order valence-electron chi connectivity index (χ0n) is 16.7. The quantitative estimate of drug-likeness (QED) is 0.815. The Bertz CT molecular complexity index is 726. The third kappa shape index (κ3) is 4.06. The summed E-state index contributed by atoms with van der Waals surface area (Å²) in [4.78, 5) is 38.3. The van der Waals surface area contributed by atoms with Crippen LogP contribution >= 0.6 is 0 Å². The fourth-order valence-corrected chi connectivity index (χ4v) is 2.94. The van der Waals surface area contributed by atoms with Gasteiger partial charge in [-0.2, -0.15) is 0 Å². The van der Waals surface area contributed by atoms with Crippen LogP contribution in [0.25, 0.3) is 0 Å². The van der Waals surface area contributed by atoms with E-state index >= 15 is 0 Å². The average molecular weight is 359 g/mol. The lowest BCUT2D eigenvalue weighted by Crippen LogP contribution is -2.48. The molecule has 6 nitrogen and oxygen atoms in total. The molecule has 1 fully saturated rings. The first-order chi connectivity index (χ1) is 11.7. The van der Waals surface area contributed by atoms with E-state index in [9.17, 15) is 14.4 Å². The highest BCUT2D eigenvalue weighted by Crippen LogP contribution is 2.31. The summed E-state index contributed by atoms with van der Waals surface area (Å²) < 4.78 is 0. The van der Waals surface area contributed by atoms with Gasteiger partial charge in [-0.05, 0) is 44.2 Å². The van der Waals surface area contributed by atoms with Crippen LogP contribution in [0.5, 0.6) is 0 Å². The van der Waals surface area contributed by atoms with E-state index in [4.69, 9.17) is 0 Å². The van der Waals surface area contributed by atoms with E-state index < -0.39 is 23.0 Å². The Kier molecular flexibility index (Phi) is 4.92. The standard InChI is InChI=1S/C20H29N3O3/c1-18(2,3)13-8-10-14(11-9-13)20(7)16(25)23(17(26)22-20)12-15(24)21-19(4,5)6/h8-11H,12H2,1-7H3,(H,21,24)(H,22,26)/t20-/m0/s1. The van der Waals surface area contributed by atoms with Crippen molar-refractivity contribution in [2.75, 3.05) is 6.54 Å². The van der Waals surface area contributed by atoms with E-state index in [1.54, 1.807) is 6.92 Å². The number of benzene rings is 1. The van der Waals surface area contributed by atoms with Crippen LogP contribution in [0.15, 0.2) is 24.3 Å². The van der Waals surface area contributed by atoms with Crippen LogP contribution in [0.4, 0.5) is 4.79 Å². The number of carbonyl (C=O) groups is 3. The fourth-order valence-electron chi connectivity index (χ4n) is 2.94. The molecule has 2 N–H and O–H groups in total. The maximum absolute atomic E-state index is 12.9. The van der Waals surface area contributed by atoms with Crippen molar-refractivity contribution >= 4 is 17.8 Å². The van der Waals surface area contributed by atoms with E-state index in [1.807, 2.05) is 45.0 Å². The molecule has 142 valence electrons. The Hall–Kier alpha value is -2.37. The molecule has 1 atom stereocenters. The largest absolute Gasteiger partial charge is 0.350 e. The molecule has 0 spiro atoms. The average Bonchev–Trinajstić information content (AvgIpc) is 2.69. The van der Waals surface area contributed by atoms with Crippen molar-refractivity contribution in [2.24, 2.45) is 0 Å². The molecule has 4 amide bonds. The normalized spacial score (nSPS) is 21.0. The SMILES string of the molecule is CC(C)(C)NC(=O)CN1C(=O)N[C@@](C)(c2ccc(C(C)(C)C)cc2)C1=O. The molecule has 1 aliphatic heterocycles. The van der Waals surface area contributed by atoms with Gasteiger partial charge in [-0.1, -0.05) is 45.0 Å². The molecule has 26 heavy (non-hydrogen) atoms. The molecular formula is C20H29N3O3. The third-order valence-electron chi connectivity index (χ3n) is 4.42.